The SMILES string of the molecule is CC(=O)NC/C=C/c1cnn(Cc2cc(F)c(OCC3CC3)cc2F)c1. The molecule has 0 spiro atoms. The predicted molar refractivity (Wildman–Crippen MR) is 93.6 cm³/mol. The number of hydrogen-bond acceptors (Lipinski definition) is 3. The molecular weight excluding hydrogens is 340 g/mol. The van der Waals surface area contributed by atoms with E-state index in [4.69, 9.17) is 4.74 Å². The van der Waals surface area contributed by atoms with Crippen molar-refractivity contribution in [2.24, 2.45) is 5.92 Å². The van der Waals surface area contributed by atoms with Crippen molar-refractivity contribution in [2.45, 2.75) is 26.3 Å². The molecule has 5 nitrogen and oxygen atoms in total. The lowest BCUT2D eigenvalue weighted by Gasteiger charge is -2.10. The third-order valence-corrected chi connectivity index (χ3v) is 4.04. The van der Waals surface area contributed by atoms with Gasteiger partial charge in [0.25, 0.3) is 0 Å². The number of halogens is 2. The second-order valence-corrected chi connectivity index (χ2v) is 6.44. The van der Waals surface area contributed by atoms with Crippen molar-refractivity contribution in [1.29, 1.82) is 0 Å². The molecule has 1 fully saturated rings. The maximum Gasteiger partial charge on any atom is 0.217 e. The summed E-state index contributed by atoms with van der Waals surface area (Å²) in [5.41, 5.74) is 1.01. The van der Waals surface area contributed by atoms with Gasteiger partial charge in [-0.05, 0) is 24.8 Å². The van der Waals surface area contributed by atoms with Gasteiger partial charge in [-0.25, -0.2) is 8.78 Å². The summed E-state index contributed by atoms with van der Waals surface area (Å²) in [6.45, 7) is 2.42. The Morgan fingerprint density at radius 1 is 1.38 bits per heavy atom. The molecule has 1 amide bonds. The third kappa shape index (κ3) is 5.15. The van der Waals surface area contributed by atoms with Crippen molar-refractivity contribution in [2.75, 3.05) is 13.2 Å². The minimum atomic E-state index is -0.565. The molecule has 1 saturated carbocycles. The van der Waals surface area contributed by atoms with Crippen molar-refractivity contribution in [1.82, 2.24) is 15.1 Å². The highest BCUT2D eigenvalue weighted by Gasteiger charge is 2.23. The Morgan fingerprint density at radius 3 is 2.92 bits per heavy atom. The van der Waals surface area contributed by atoms with Crippen molar-refractivity contribution in [3.8, 4) is 5.75 Å². The number of nitrogens with one attached hydrogen (secondary N) is 1. The molecule has 0 atom stereocenters. The van der Waals surface area contributed by atoms with E-state index >= 15 is 0 Å². The van der Waals surface area contributed by atoms with E-state index in [1.165, 1.54) is 11.6 Å². The zero-order valence-corrected chi connectivity index (χ0v) is 14.5. The fourth-order valence-electron chi connectivity index (χ4n) is 2.42. The van der Waals surface area contributed by atoms with Crippen molar-refractivity contribution < 1.29 is 18.3 Å². The summed E-state index contributed by atoms with van der Waals surface area (Å²) in [4.78, 5) is 10.8. The molecule has 1 aromatic heterocycles. The third-order valence-electron chi connectivity index (χ3n) is 4.04. The van der Waals surface area contributed by atoms with E-state index in [1.807, 2.05) is 0 Å². The molecule has 26 heavy (non-hydrogen) atoms. The molecule has 1 aliphatic carbocycles. The van der Waals surface area contributed by atoms with Crippen LogP contribution in [0.3, 0.4) is 0 Å². The van der Waals surface area contributed by atoms with Gasteiger partial charge < -0.3 is 10.1 Å². The normalized spacial score (nSPS) is 14.0. The van der Waals surface area contributed by atoms with Crippen LogP contribution in [0.4, 0.5) is 8.78 Å². The monoisotopic (exact) mass is 361 g/mol. The van der Waals surface area contributed by atoms with Gasteiger partial charge in [-0.1, -0.05) is 12.2 Å². The number of carbonyl (C=O) groups excluding carboxylic acids is 1. The van der Waals surface area contributed by atoms with Crippen LogP contribution in [0.5, 0.6) is 5.75 Å². The van der Waals surface area contributed by atoms with Crippen LogP contribution >= 0.6 is 0 Å². The Labute approximate surface area is 150 Å². The van der Waals surface area contributed by atoms with Gasteiger partial charge in [-0.2, -0.15) is 5.10 Å². The van der Waals surface area contributed by atoms with Crippen molar-refractivity contribution in [3.63, 3.8) is 0 Å². The Bertz CT molecular complexity index is 813. The van der Waals surface area contributed by atoms with Crippen LogP contribution in [0.1, 0.15) is 30.9 Å². The first-order chi connectivity index (χ1) is 12.5. The molecule has 0 aliphatic heterocycles. The number of aromatic nitrogens is 2. The highest BCUT2D eigenvalue weighted by atomic mass is 19.1. The van der Waals surface area contributed by atoms with E-state index in [-0.39, 0.29) is 23.8 Å². The molecule has 138 valence electrons. The van der Waals surface area contributed by atoms with Crippen LogP contribution in [-0.4, -0.2) is 28.8 Å². The zero-order chi connectivity index (χ0) is 18.5. The summed E-state index contributed by atoms with van der Waals surface area (Å²) in [6.07, 6.45) is 9.09. The molecule has 1 aromatic carbocycles. The molecule has 2 aromatic rings. The first-order valence-corrected chi connectivity index (χ1v) is 8.55. The molecule has 0 radical (unpaired) electrons. The average Bonchev–Trinajstić information content (AvgIpc) is 3.32. The standard InChI is InChI=1S/C19H21F2N3O2/c1-13(25)22-6-2-3-15-9-23-24(10-15)11-16-7-18(21)19(8-17(16)20)26-12-14-4-5-14/h2-3,7-10,14H,4-6,11-12H2,1H3,(H,22,25)/b3-2+. The summed E-state index contributed by atoms with van der Waals surface area (Å²) >= 11 is 0. The van der Waals surface area contributed by atoms with Gasteiger partial charge in [-0.3, -0.25) is 9.48 Å². The molecule has 3 rings (SSSR count). The van der Waals surface area contributed by atoms with Gasteiger partial charge in [0.1, 0.15) is 5.82 Å². The van der Waals surface area contributed by atoms with Gasteiger partial charge in [-0.15, -0.1) is 0 Å². The zero-order valence-electron chi connectivity index (χ0n) is 14.5. The molecular formula is C19H21F2N3O2. The Balaban J connectivity index is 1.61. The van der Waals surface area contributed by atoms with E-state index < -0.39 is 11.6 Å². The maximum absolute atomic E-state index is 14.2. The highest BCUT2D eigenvalue weighted by molar-refractivity contribution is 5.73. The van der Waals surface area contributed by atoms with Crippen LogP contribution in [-0.2, 0) is 11.3 Å². The van der Waals surface area contributed by atoms with Gasteiger partial charge in [0, 0.05) is 36.9 Å². The number of nitrogens with zero attached hydrogens (tertiary/aromatic N) is 2. The van der Waals surface area contributed by atoms with Crippen molar-refractivity contribution in [3.05, 3.63) is 53.4 Å². The second kappa shape index (κ2) is 8.12. The Kier molecular flexibility index (Phi) is 5.65. The van der Waals surface area contributed by atoms with E-state index in [1.54, 1.807) is 24.5 Å². The molecule has 0 unspecified atom stereocenters. The molecule has 1 aliphatic rings. The molecule has 0 saturated heterocycles. The van der Waals surface area contributed by atoms with Crippen LogP contribution in [0.15, 0.2) is 30.6 Å². The smallest absolute Gasteiger partial charge is 0.217 e. The lowest BCUT2D eigenvalue weighted by Crippen LogP contribution is -2.19. The first-order valence-electron chi connectivity index (χ1n) is 8.55. The van der Waals surface area contributed by atoms with Crippen LogP contribution in [0.25, 0.3) is 6.08 Å². The number of carbonyl (C=O) groups is 1. The second-order valence-electron chi connectivity index (χ2n) is 6.44. The lowest BCUT2D eigenvalue weighted by molar-refractivity contribution is -0.118. The fraction of sp³-hybridized carbons (Fsp3) is 0.368. The Morgan fingerprint density at radius 2 is 2.19 bits per heavy atom. The summed E-state index contributed by atoms with van der Waals surface area (Å²) in [6, 6.07) is 2.26. The first kappa shape index (κ1) is 18.1. The van der Waals surface area contributed by atoms with E-state index in [0.29, 0.717) is 19.1 Å². The van der Waals surface area contributed by atoms with Crippen LogP contribution in [0.2, 0.25) is 0 Å². The summed E-state index contributed by atoms with van der Waals surface area (Å²) in [7, 11) is 0. The molecule has 1 heterocycles. The van der Waals surface area contributed by atoms with Crippen LogP contribution in [0, 0.1) is 17.6 Å². The topological polar surface area (TPSA) is 56.2 Å². The van der Waals surface area contributed by atoms with Gasteiger partial charge >= 0.3 is 0 Å². The van der Waals surface area contributed by atoms with Crippen molar-refractivity contribution >= 4 is 12.0 Å². The minimum Gasteiger partial charge on any atom is -0.490 e. The number of ether oxygens (including phenoxy) is 1. The quantitative estimate of drug-likeness (QED) is 0.786. The summed E-state index contributed by atoms with van der Waals surface area (Å²) < 4.78 is 35.2. The minimum absolute atomic E-state index is 0.0415. The molecule has 7 heteroatoms. The number of amides is 1. The Hall–Kier alpha value is -2.70. The molecule has 0 bridgehead atoms. The fourth-order valence-corrected chi connectivity index (χ4v) is 2.42. The van der Waals surface area contributed by atoms with E-state index in [2.05, 4.69) is 10.4 Å². The molecule has 1 N–H and O–H groups in total. The highest BCUT2D eigenvalue weighted by Crippen LogP contribution is 2.30. The van der Waals surface area contributed by atoms with E-state index in [9.17, 15) is 13.6 Å². The number of hydrogen-bond donors (Lipinski definition) is 1. The van der Waals surface area contributed by atoms with E-state index in [0.717, 1.165) is 30.5 Å². The summed E-state index contributed by atoms with van der Waals surface area (Å²) in [5.74, 6) is -0.758. The average molecular weight is 361 g/mol. The maximum atomic E-state index is 14.2. The van der Waals surface area contributed by atoms with Gasteiger partial charge in [0.05, 0.1) is 19.3 Å². The largest absolute Gasteiger partial charge is 0.490 e. The lowest BCUT2D eigenvalue weighted by atomic mass is 10.2. The summed E-state index contributed by atoms with van der Waals surface area (Å²) in [5, 5.41) is 6.79. The predicted octanol–water partition coefficient (Wildman–Crippen LogP) is 3.15. The number of rotatable bonds is 8. The van der Waals surface area contributed by atoms with Gasteiger partial charge in [0.2, 0.25) is 5.91 Å². The van der Waals surface area contributed by atoms with Crippen LogP contribution < -0.4 is 10.1 Å². The van der Waals surface area contributed by atoms with Gasteiger partial charge in [0.15, 0.2) is 11.6 Å². The number of benzene rings is 1.